The summed E-state index contributed by atoms with van der Waals surface area (Å²) in [5.74, 6) is -0.507. The van der Waals surface area contributed by atoms with Crippen molar-refractivity contribution in [2.24, 2.45) is 0 Å². The highest BCUT2D eigenvalue weighted by Gasteiger charge is 2.48. The third kappa shape index (κ3) is 5.57. The third-order valence-electron chi connectivity index (χ3n) is 6.80. The van der Waals surface area contributed by atoms with Crippen LogP contribution in [0.2, 0.25) is 0 Å². The smallest absolute Gasteiger partial charge is 0.273 e. The molecule has 11 heteroatoms. The van der Waals surface area contributed by atoms with E-state index in [9.17, 15) is 18.8 Å². The standard InChI is InChI=1S/C28H32FN5O5/c1-5-12-34-26(36)24-23(25(35)30-15-19-13-21(38-3)10-11-22(19)39-4)32-17-33(24)16-28(34,2)27(37)31-14-18-6-8-20(29)9-7-18/h6-11,13,17H,5,12,14-16H2,1-4H3,(H,30,35)(H,31,37)/t28-/m0/s1. The van der Waals surface area contributed by atoms with Crippen LogP contribution in [0.25, 0.3) is 0 Å². The molecular weight excluding hydrogens is 505 g/mol. The minimum Gasteiger partial charge on any atom is -0.497 e. The van der Waals surface area contributed by atoms with Crippen LogP contribution in [-0.2, 0) is 24.4 Å². The molecule has 1 aliphatic heterocycles. The summed E-state index contributed by atoms with van der Waals surface area (Å²) >= 11 is 0. The first kappa shape index (κ1) is 27.6. The Kier molecular flexibility index (Phi) is 8.18. The van der Waals surface area contributed by atoms with Gasteiger partial charge in [0.25, 0.3) is 11.8 Å². The van der Waals surface area contributed by atoms with Crippen molar-refractivity contribution < 1.29 is 28.2 Å². The molecule has 4 rings (SSSR count). The van der Waals surface area contributed by atoms with Gasteiger partial charge in [0, 0.05) is 25.2 Å². The Morgan fingerprint density at radius 1 is 1.08 bits per heavy atom. The van der Waals surface area contributed by atoms with Crippen molar-refractivity contribution in [3.63, 3.8) is 0 Å². The van der Waals surface area contributed by atoms with E-state index in [4.69, 9.17) is 9.47 Å². The lowest BCUT2D eigenvalue weighted by Crippen LogP contribution is -2.64. The monoisotopic (exact) mass is 537 g/mol. The van der Waals surface area contributed by atoms with Gasteiger partial charge in [-0.3, -0.25) is 14.4 Å². The summed E-state index contributed by atoms with van der Waals surface area (Å²) in [6, 6.07) is 11.1. The predicted octanol–water partition coefficient (Wildman–Crippen LogP) is 2.91. The zero-order valence-corrected chi connectivity index (χ0v) is 22.4. The molecule has 0 aliphatic carbocycles. The minimum absolute atomic E-state index is 0.0169. The van der Waals surface area contributed by atoms with Crippen molar-refractivity contribution >= 4 is 17.7 Å². The van der Waals surface area contributed by atoms with Crippen molar-refractivity contribution in [1.29, 1.82) is 0 Å². The van der Waals surface area contributed by atoms with Crippen LogP contribution in [0.15, 0.2) is 48.8 Å². The molecule has 2 heterocycles. The first-order valence-corrected chi connectivity index (χ1v) is 12.6. The molecule has 0 unspecified atom stereocenters. The fourth-order valence-corrected chi connectivity index (χ4v) is 4.68. The second kappa shape index (κ2) is 11.5. The van der Waals surface area contributed by atoms with E-state index in [0.717, 1.165) is 5.56 Å². The van der Waals surface area contributed by atoms with E-state index in [-0.39, 0.29) is 42.7 Å². The van der Waals surface area contributed by atoms with Crippen LogP contribution in [0, 0.1) is 5.82 Å². The summed E-state index contributed by atoms with van der Waals surface area (Å²) in [6.07, 6.45) is 2.01. The third-order valence-corrected chi connectivity index (χ3v) is 6.80. The summed E-state index contributed by atoms with van der Waals surface area (Å²) in [6.45, 7) is 4.34. The van der Waals surface area contributed by atoms with Crippen LogP contribution in [0.1, 0.15) is 52.4 Å². The fraction of sp³-hybridized carbons (Fsp3) is 0.357. The molecule has 2 N–H and O–H groups in total. The molecule has 39 heavy (non-hydrogen) atoms. The van der Waals surface area contributed by atoms with Crippen LogP contribution in [0.3, 0.4) is 0 Å². The highest BCUT2D eigenvalue weighted by molar-refractivity contribution is 6.07. The van der Waals surface area contributed by atoms with Crippen molar-refractivity contribution in [2.75, 3.05) is 20.8 Å². The molecule has 3 amide bonds. The summed E-state index contributed by atoms with van der Waals surface area (Å²) in [5, 5.41) is 5.67. The van der Waals surface area contributed by atoms with Gasteiger partial charge in [0.05, 0.1) is 27.1 Å². The number of nitrogens with one attached hydrogen (secondary N) is 2. The normalized spacial score (nSPS) is 16.4. The molecule has 1 atom stereocenters. The molecule has 0 radical (unpaired) electrons. The van der Waals surface area contributed by atoms with E-state index >= 15 is 0 Å². The van der Waals surface area contributed by atoms with Crippen molar-refractivity contribution in [3.05, 3.63) is 77.1 Å². The number of ether oxygens (including phenoxy) is 2. The first-order chi connectivity index (χ1) is 18.7. The second-order valence-corrected chi connectivity index (χ2v) is 9.47. The van der Waals surface area contributed by atoms with Gasteiger partial charge in [-0.15, -0.1) is 0 Å². The zero-order chi connectivity index (χ0) is 28.2. The zero-order valence-electron chi connectivity index (χ0n) is 22.4. The van der Waals surface area contributed by atoms with E-state index in [1.54, 1.807) is 48.9 Å². The van der Waals surface area contributed by atoms with Gasteiger partial charge in [0.2, 0.25) is 5.91 Å². The Labute approximate surface area is 226 Å². The van der Waals surface area contributed by atoms with Gasteiger partial charge >= 0.3 is 0 Å². The maximum Gasteiger partial charge on any atom is 0.273 e. The van der Waals surface area contributed by atoms with Gasteiger partial charge in [-0.25, -0.2) is 9.37 Å². The SMILES string of the molecule is CCCN1C(=O)c2c(C(=O)NCc3cc(OC)ccc3OC)ncn2C[C@@]1(C)C(=O)NCc1ccc(F)cc1. The number of fused-ring (bicyclic) bond motifs is 1. The van der Waals surface area contributed by atoms with Crippen LogP contribution in [-0.4, -0.2) is 58.5 Å². The second-order valence-electron chi connectivity index (χ2n) is 9.47. The lowest BCUT2D eigenvalue weighted by molar-refractivity contribution is -0.133. The van der Waals surface area contributed by atoms with Crippen LogP contribution in [0.5, 0.6) is 11.5 Å². The summed E-state index contributed by atoms with van der Waals surface area (Å²) in [5.41, 5.74) is 0.317. The predicted molar refractivity (Wildman–Crippen MR) is 141 cm³/mol. The van der Waals surface area contributed by atoms with Gasteiger partial charge in [-0.1, -0.05) is 19.1 Å². The minimum atomic E-state index is -1.22. The molecule has 0 bridgehead atoms. The molecule has 0 saturated heterocycles. The highest BCUT2D eigenvalue weighted by atomic mass is 19.1. The van der Waals surface area contributed by atoms with Gasteiger partial charge in [0.15, 0.2) is 5.69 Å². The molecular formula is C28H32FN5O5. The van der Waals surface area contributed by atoms with Crippen molar-refractivity contribution in [2.45, 2.75) is 45.4 Å². The number of carbonyl (C=O) groups is 3. The number of methoxy groups -OCH3 is 2. The van der Waals surface area contributed by atoms with E-state index in [2.05, 4.69) is 15.6 Å². The number of hydrogen-bond acceptors (Lipinski definition) is 6. The summed E-state index contributed by atoms with van der Waals surface area (Å²) in [4.78, 5) is 46.0. The Bertz CT molecular complexity index is 1370. The number of carbonyl (C=O) groups excluding carboxylic acids is 3. The van der Waals surface area contributed by atoms with Gasteiger partial charge in [-0.2, -0.15) is 0 Å². The molecule has 1 aliphatic rings. The van der Waals surface area contributed by atoms with Crippen molar-refractivity contribution in [1.82, 2.24) is 25.1 Å². The van der Waals surface area contributed by atoms with E-state index in [0.29, 0.717) is 30.0 Å². The summed E-state index contributed by atoms with van der Waals surface area (Å²) in [7, 11) is 3.08. The average molecular weight is 538 g/mol. The lowest BCUT2D eigenvalue weighted by Gasteiger charge is -2.43. The molecule has 0 saturated carbocycles. The Morgan fingerprint density at radius 3 is 2.49 bits per heavy atom. The molecule has 0 spiro atoms. The molecule has 10 nitrogen and oxygen atoms in total. The Hall–Kier alpha value is -4.41. The van der Waals surface area contributed by atoms with Crippen LogP contribution in [0.4, 0.5) is 4.39 Å². The molecule has 206 valence electrons. The van der Waals surface area contributed by atoms with Crippen LogP contribution < -0.4 is 20.1 Å². The number of nitrogens with zero attached hydrogens (tertiary/aromatic N) is 3. The largest absolute Gasteiger partial charge is 0.497 e. The first-order valence-electron chi connectivity index (χ1n) is 12.6. The number of hydrogen-bond donors (Lipinski definition) is 2. The summed E-state index contributed by atoms with van der Waals surface area (Å²) < 4.78 is 25.4. The highest BCUT2D eigenvalue weighted by Crippen LogP contribution is 2.30. The maximum absolute atomic E-state index is 13.7. The molecule has 2 aromatic carbocycles. The van der Waals surface area contributed by atoms with Gasteiger partial charge in [-0.05, 0) is 49.2 Å². The number of rotatable bonds is 10. The lowest BCUT2D eigenvalue weighted by atomic mass is 9.94. The Balaban J connectivity index is 1.54. The number of halogens is 1. The fourth-order valence-electron chi connectivity index (χ4n) is 4.68. The van der Waals surface area contributed by atoms with E-state index in [1.165, 1.54) is 30.5 Å². The number of imidazole rings is 1. The molecule has 1 aromatic heterocycles. The topological polar surface area (TPSA) is 115 Å². The van der Waals surface area contributed by atoms with Crippen molar-refractivity contribution in [3.8, 4) is 11.5 Å². The molecule has 3 aromatic rings. The molecule has 0 fully saturated rings. The number of aromatic nitrogens is 2. The number of benzene rings is 2. The quantitative estimate of drug-likeness (QED) is 0.411. The van der Waals surface area contributed by atoms with Crippen LogP contribution >= 0.6 is 0 Å². The maximum atomic E-state index is 13.7. The average Bonchev–Trinajstić information content (AvgIpc) is 3.37. The van der Waals surface area contributed by atoms with E-state index in [1.807, 2.05) is 6.92 Å². The van der Waals surface area contributed by atoms with Gasteiger partial charge < -0.3 is 29.6 Å². The Morgan fingerprint density at radius 2 is 1.82 bits per heavy atom. The van der Waals surface area contributed by atoms with Gasteiger partial charge in [0.1, 0.15) is 28.5 Å². The van der Waals surface area contributed by atoms with E-state index < -0.39 is 17.4 Å². The number of amides is 3.